The van der Waals surface area contributed by atoms with Crippen molar-refractivity contribution in [1.29, 1.82) is 0 Å². The Morgan fingerprint density at radius 3 is 1.15 bits per heavy atom. The first-order chi connectivity index (χ1) is 26.2. The summed E-state index contributed by atoms with van der Waals surface area (Å²) in [6, 6.07) is 0. The number of hydrogen-bond acceptors (Lipinski definition) is 8. The van der Waals surface area contributed by atoms with Gasteiger partial charge in [-0.2, -0.15) is 0 Å². The van der Waals surface area contributed by atoms with Gasteiger partial charge < -0.3 is 24.1 Å². The maximum Gasteiger partial charge on any atom is 0.308 e. The van der Waals surface area contributed by atoms with E-state index in [9.17, 15) is 14.4 Å². The molecule has 0 radical (unpaired) electrons. The highest BCUT2D eigenvalue weighted by Gasteiger charge is 2.65. The van der Waals surface area contributed by atoms with E-state index in [2.05, 4.69) is 16.9 Å². The summed E-state index contributed by atoms with van der Waals surface area (Å²) in [5, 5.41) is 7.57. The predicted octanol–water partition coefficient (Wildman–Crippen LogP) is 7.47. The zero-order valence-corrected chi connectivity index (χ0v) is 34.0. The van der Waals surface area contributed by atoms with Gasteiger partial charge in [0.2, 0.25) is 0 Å². The second kappa shape index (κ2) is 15.8. The van der Waals surface area contributed by atoms with E-state index in [0.29, 0.717) is 17.8 Å². The van der Waals surface area contributed by atoms with Gasteiger partial charge in [-0.05, 0) is 197 Å². The Balaban J connectivity index is 0.000000107. The summed E-state index contributed by atoms with van der Waals surface area (Å²) in [6.07, 6.45) is 22.4. The van der Waals surface area contributed by atoms with E-state index < -0.39 is 0 Å². The van der Waals surface area contributed by atoms with Gasteiger partial charge in [-0.15, -0.1) is 0 Å². The molecule has 12 bridgehead atoms. The van der Waals surface area contributed by atoms with Crippen molar-refractivity contribution in [3.63, 3.8) is 0 Å². The summed E-state index contributed by atoms with van der Waals surface area (Å²) < 4.78 is 19.2. The predicted molar refractivity (Wildman–Crippen MR) is 204 cm³/mol. The van der Waals surface area contributed by atoms with Gasteiger partial charge in [0.1, 0.15) is 0 Å². The van der Waals surface area contributed by atoms with Crippen LogP contribution in [0, 0.1) is 124 Å². The smallest absolute Gasteiger partial charge is 0.308 e. The van der Waals surface area contributed by atoms with Gasteiger partial charge in [0.15, 0.2) is 0 Å². The van der Waals surface area contributed by atoms with Crippen LogP contribution in [0.5, 0.6) is 0 Å². The molecule has 0 aromatic carbocycles. The molecule has 21 atom stereocenters. The number of ether oxygens (including phenoxy) is 4. The number of fused-ring (bicyclic) bond motifs is 27. The highest BCUT2D eigenvalue weighted by Crippen LogP contribution is 2.70. The Bertz CT molecular complexity index is 1340. The van der Waals surface area contributed by atoms with E-state index in [4.69, 9.17) is 19.3 Å². The molecular formula is C46H70O8. The molecule has 12 rings (SSSR count). The maximum absolute atomic E-state index is 11.8. The molecule has 11 saturated carbocycles. The average molecular weight is 751 g/mol. The first kappa shape index (κ1) is 38.9. The largest absolute Gasteiger partial charge is 0.469 e. The molecule has 12 aliphatic rings. The summed E-state index contributed by atoms with van der Waals surface area (Å²) in [4.78, 5) is 35.3. The normalized spacial score (nSPS) is 50.8. The molecule has 54 heavy (non-hydrogen) atoms. The Kier molecular flexibility index (Phi) is 11.4. The molecule has 8 heteroatoms. The average Bonchev–Trinajstić information content (AvgIpc) is 4.02. The molecule has 21 unspecified atom stereocenters. The third-order valence-electron chi connectivity index (χ3n) is 18.2. The number of aliphatic hydroxyl groups is 1. The van der Waals surface area contributed by atoms with Crippen molar-refractivity contribution in [2.24, 2.45) is 124 Å². The summed E-state index contributed by atoms with van der Waals surface area (Å²) in [5.74, 6) is 16.7. The zero-order valence-electron chi connectivity index (χ0n) is 34.0. The SMILES string of the molecule is CCO.COC.COC(=O)C1CC2CC1C1C3C=CC(C3)C21.COC(=O)C1CC2CC1C1C3CCC(C3)C21.COC(=O)C1CC2CC1C1C3CCC(C3)C21. The number of methoxy groups -OCH3 is 4. The number of aliphatic hydroxyl groups excluding tert-OH is 1. The van der Waals surface area contributed by atoms with Gasteiger partial charge in [0.05, 0.1) is 39.1 Å². The highest BCUT2D eigenvalue weighted by atomic mass is 16.5. The maximum atomic E-state index is 11.8. The fourth-order valence-electron chi connectivity index (χ4n) is 17.4. The molecule has 0 spiro atoms. The van der Waals surface area contributed by atoms with Crippen molar-refractivity contribution < 1.29 is 38.4 Å². The minimum absolute atomic E-state index is 0.0534. The van der Waals surface area contributed by atoms with Crippen LogP contribution in [-0.4, -0.2) is 65.2 Å². The van der Waals surface area contributed by atoms with Crippen LogP contribution in [0.2, 0.25) is 0 Å². The van der Waals surface area contributed by atoms with E-state index in [-0.39, 0.29) is 42.3 Å². The molecule has 0 aliphatic heterocycles. The van der Waals surface area contributed by atoms with Crippen molar-refractivity contribution in [3.8, 4) is 0 Å². The van der Waals surface area contributed by atoms with Crippen LogP contribution in [0.25, 0.3) is 0 Å². The van der Waals surface area contributed by atoms with Gasteiger partial charge in [-0.1, -0.05) is 12.2 Å². The lowest BCUT2D eigenvalue weighted by Gasteiger charge is -2.37. The van der Waals surface area contributed by atoms with Crippen LogP contribution in [0.3, 0.4) is 0 Å². The van der Waals surface area contributed by atoms with Crippen LogP contribution < -0.4 is 0 Å². The van der Waals surface area contributed by atoms with E-state index in [1.54, 1.807) is 35.4 Å². The van der Waals surface area contributed by atoms with Crippen LogP contribution in [0.15, 0.2) is 12.2 Å². The van der Waals surface area contributed by atoms with Crippen molar-refractivity contribution in [1.82, 2.24) is 0 Å². The fourth-order valence-corrected chi connectivity index (χ4v) is 17.4. The second-order valence-electron chi connectivity index (χ2n) is 19.9. The summed E-state index contributed by atoms with van der Waals surface area (Å²) in [6.45, 7) is 1.93. The van der Waals surface area contributed by atoms with Crippen LogP contribution in [0.4, 0.5) is 0 Å². The molecule has 12 aliphatic carbocycles. The quantitative estimate of drug-likeness (QED) is 0.137. The summed E-state index contributed by atoms with van der Waals surface area (Å²) in [5.41, 5.74) is 0. The van der Waals surface area contributed by atoms with E-state index in [0.717, 1.165) is 108 Å². The monoisotopic (exact) mass is 751 g/mol. The van der Waals surface area contributed by atoms with Crippen molar-refractivity contribution >= 4 is 17.9 Å². The Morgan fingerprint density at radius 1 is 0.463 bits per heavy atom. The molecule has 0 aromatic rings. The van der Waals surface area contributed by atoms with Gasteiger partial charge in [0.25, 0.3) is 0 Å². The topological polar surface area (TPSA) is 108 Å². The molecule has 0 saturated heterocycles. The van der Waals surface area contributed by atoms with E-state index in [1.807, 2.05) is 0 Å². The Morgan fingerprint density at radius 2 is 0.778 bits per heavy atom. The summed E-state index contributed by atoms with van der Waals surface area (Å²) in [7, 11) is 7.88. The van der Waals surface area contributed by atoms with Gasteiger partial charge in [-0.25, -0.2) is 0 Å². The first-order valence-electron chi connectivity index (χ1n) is 22.1. The van der Waals surface area contributed by atoms with Crippen LogP contribution >= 0.6 is 0 Å². The standard InChI is InChI=1S/2C14H20O2.C14H18O2.2C2H6O/c3*1-16-14(15)11-6-9-5-10(11)13-8-3-2-7(4-8)12(9)13;1-3-2;1-2-3/h2*7-13H,2-6H2,1H3;2-3,7-13H,4-6H2,1H3;1-2H3;3H,2H2,1H3. The Labute approximate surface area is 324 Å². The molecule has 0 aromatic heterocycles. The zero-order chi connectivity index (χ0) is 38.0. The molecule has 0 amide bonds. The third kappa shape index (κ3) is 6.23. The third-order valence-corrected chi connectivity index (χ3v) is 18.2. The Hall–Kier alpha value is -1.93. The molecule has 0 heterocycles. The van der Waals surface area contributed by atoms with Gasteiger partial charge in [0, 0.05) is 20.8 Å². The molecular weight excluding hydrogens is 680 g/mol. The lowest BCUT2D eigenvalue weighted by atomic mass is 9.67. The lowest BCUT2D eigenvalue weighted by molar-refractivity contribution is -0.149. The molecule has 8 nitrogen and oxygen atoms in total. The highest BCUT2D eigenvalue weighted by molar-refractivity contribution is 5.74. The molecule has 11 fully saturated rings. The van der Waals surface area contributed by atoms with Gasteiger partial charge >= 0.3 is 17.9 Å². The van der Waals surface area contributed by atoms with Gasteiger partial charge in [-0.3, -0.25) is 14.4 Å². The minimum Gasteiger partial charge on any atom is -0.469 e. The number of carbonyl (C=O) groups is 3. The second-order valence-corrected chi connectivity index (χ2v) is 19.9. The number of carbonyl (C=O) groups excluding carboxylic acids is 3. The molecule has 302 valence electrons. The summed E-state index contributed by atoms with van der Waals surface area (Å²) >= 11 is 0. The minimum atomic E-state index is 0.0534. The fraction of sp³-hybridized carbons (Fsp3) is 0.891. The van der Waals surface area contributed by atoms with Crippen LogP contribution in [-0.2, 0) is 33.3 Å². The van der Waals surface area contributed by atoms with Crippen molar-refractivity contribution in [3.05, 3.63) is 12.2 Å². The number of rotatable bonds is 3. The van der Waals surface area contributed by atoms with Crippen molar-refractivity contribution in [2.45, 2.75) is 90.4 Å². The van der Waals surface area contributed by atoms with E-state index >= 15 is 0 Å². The lowest BCUT2D eigenvalue weighted by Crippen LogP contribution is -2.36. The number of hydrogen-bond donors (Lipinski definition) is 1. The first-order valence-corrected chi connectivity index (χ1v) is 22.1. The van der Waals surface area contributed by atoms with Crippen LogP contribution in [0.1, 0.15) is 90.4 Å². The number of allylic oxidation sites excluding steroid dienone is 2. The molecule has 1 N–H and O–H groups in total. The van der Waals surface area contributed by atoms with E-state index in [1.165, 1.54) is 71.3 Å². The number of esters is 3. The van der Waals surface area contributed by atoms with Crippen molar-refractivity contribution in [2.75, 3.05) is 42.2 Å².